The summed E-state index contributed by atoms with van der Waals surface area (Å²) in [6.45, 7) is 3.32. The first-order chi connectivity index (χ1) is 8.92. The van der Waals surface area contributed by atoms with Gasteiger partial charge in [-0.05, 0) is 43.6 Å². The average Bonchev–Trinajstić information content (AvgIpc) is 2.95. The van der Waals surface area contributed by atoms with Crippen LogP contribution in [0.1, 0.15) is 30.0 Å². The van der Waals surface area contributed by atoms with Crippen LogP contribution in [0.2, 0.25) is 0 Å². The minimum absolute atomic E-state index is 0.651. The number of hydrogen-bond acceptors (Lipinski definition) is 3. The molecule has 0 saturated carbocycles. The Balaban J connectivity index is 1.54. The zero-order valence-corrected chi connectivity index (χ0v) is 10.4. The third-order valence-electron chi connectivity index (χ3n) is 3.68. The zero-order chi connectivity index (χ0) is 12.2. The van der Waals surface area contributed by atoms with Crippen molar-refractivity contribution in [3.05, 3.63) is 48.0 Å². The molecule has 0 atom stereocenters. The van der Waals surface area contributed by atoms with Crippen molar-refractivity contribution in [2.75, 3.05) is 13.1 Å². The van der Waals surface area contributed by atoms with Gasteiger partial charge in [0.2, 0.25) is 0 Å². The highest BCUT2D eigenvalue weighted by molar-refractivity contribution is 5.10. The van der Waals surface area contributed by atoms with Crippen molar-refractivity contribution in [2.24, 2.45) is 0 Å². The zero-order valence-electron chi connectivity index (χ0n) is 10.4. The second kappa shape index (κ2) is 5.31. The van der Waals surface area contributed by atoms with E-state index in [9.17, 15) is 0 Å². The fourth-order valence-corrected chi connectivity index (χ4v) is 2.65. The fraction of sp³-hybridized carbons (Fsp3) is 0.429. The van der Waals surface area contributed by atoms with E-state index < -0.39 is 0 Å². The summed E-state index contributed by atoms with van der Waals surface area (Å²) in [5.74, 6) is 0.651. The minimum Gasteiger partial charge on any atom is -0.299 e. The summed E-state index contributed by atoms with van der Waals surface area (Å²) in [7, 11) is 0. The van der Waals surface area contributed by atoms with Crippen LogP contribution in [0.4, 0.5) is 0 Å². The second-order valence-electron chi connectivity index (χ2n) is 4.92. The average molecular weight is 242 g/mol. The molecule has 94 valence electrons. The third kappa shape index (κ3) is 2.59. The molecular weight excluding hydrogens is 224 g/mol. The van der Waals surface area contributed by atoms with Gasteiger partial charge in [0, 0.05) is 36.7 Å². The van der Waals surface area contributed by atoms with E-state index in [4.69, 9.17) is 0 Å². The summed E-state index contributed by atoms with van der Waals surface area (Å²) < 4.78 is 0. The van der Waals surface area contributed by atoms with Crippen LogP contribution in [0.3, 0.4) is 0 Å². The Bertz CT molecular complexity index is 458. The van der Waals surface area contributed by atoms with Crippen molar-refractivity contribution >= 4 is 0 Å². The van der Waals surface area contributed by atoms with Crippen molar-refractivity contribution in [3.63, 3.8) is 0 Å². The molecular formula is C14H18N4. The van der Waals surface area contributed by atoms with Crippen molar-refractivity contribution in [3.8, 4) is 0 Å². The fourth-order valence-electron chi connectivity index (χ4n) is 2.65. The number of rotatable bonds is 3. The van der Waals surface area contributed by atoms with Crippen LogP contribution < -0.4 is 0 Å². The first-order valence-electron chi connectivity index (χ1n) is 6.52. The molecule has 3 heterocycles. The quantitative estimate of drug-likeness (QED) is 0.897. The molecule has 18 heavy (non-hydrogen) atoms. The molecule has 0 aliphatic carbocycles. The molecule has 0 amide bonds. The maximum Gasteiger partial charge on any atom is 0.0490 e. The first-order valence-corrected chi connectivity index (χ1v) is 6.52. The molecule has 3 rings (SSSR count). The van der Waals surface area contributed by atoms with E-state index in [0.29, 0.717) is 5.92 Å². The van der Waals surface area contributed by atoms with Crippen LogP contribution in [0.25, 0.3) is 0 Å². The Labute approximate surface area is 107 Å². The van der Waals surface area contributed by atoms with Crippen LogP contribution in [0.5, 0.6) is 0 Å². The summed E-state index contributed by atoms with van der Waals surface area (Å²) in [6, 6.07) is 6.25. The highest BCUT2D eigenvalue weighted by Crippen LogP contribution is 2.26. The topological polar surface area (TPSA) is 44.8 Å². The maximum absolute atomic E-state index is 4.17. The Kier molecular flexibility index (Phi) is 3.37. The Morgan fingerprint density at radius 2 is 2.11 bits per heavy atom. The molecule has 2 aromatic rings. The number of hydrogen-bond donors (Lipinski definition) is 1. The SMILES string of the molecule is c1cncc(CN2CCC(c3ccn[nH]3)CC2)c1. The van der Waals surface area contributed by atoms with Gasteiger partial charge in [-0.25, -0.2) is 0 Å². The van der Waals surface area contributed by atoms with Crippen LogP contribution >= 0.6 is 0 Å². The second-order valence-corrected chi connectivity index (χ2v) is 4.92. The van der Waals surface area contributed by atoms with Crippen LogP contribution in [0, 0.1) is 0 Å². The van der Waals surface area contributed by atoms with Crippen LogP contribution in [0.15, 0.2) is 36.8 Å². The molecule has 0 aromatic carbocycles. The lowest BCUT2D eigenvalue weighted by Gasteiger charge is -2.31. The van der Waals surface area contributed by atoms with Crippen molar-refractivity contribution in [1.82, 2.24) is 20.1 Å². The lowest BCUT2D eigenvalue weighted by atomic mass is 9.93. The van der Waals surface area contributed by atoms with Crippen molar-refractivity contribution in [1.29, 1.82) is 0 Å². The number of likely N-dealkylation sites (tertiary alicyclic amines) is 1. The van der Waals surface area contributed by atoms with Gasteiger partial charge in [-0.15, -0.1) is 0 Å². The number of aromatic amines is 1. The van der Waals surface area contributed by atoms with Gasteiger partial charge in [0.05, 0.1) is 0 Å². The van der Waals surface area contributed by atoms with Gasteiger partial charge >= 0.3 is 0 Å². The molecule has 0 bridgehead atoms. The Morgan fingerprint density at radius 3 is 2.78 bits per heavy atom. The van der Waals surface area contributed by atoms with Gasteiger partial charge in [0.15, 0.2) is 0 Å². The number of pyridine rings is 1. The highest BCUT2D eigenvalue weighted by atomic mass is 15.1. The van der Waals surface area contributed by atoms with Gasteiger partial charge in [-0.1, -0.05) is 6.07 Å². The largest absolute Gasteiger partial charge is 0.299 e. The van der Waals surface area contributed by atoms with Crippen LogP contribution in [-0.4, -0.2) is 33.2 Å². The van der Waals surface area contributed by atoms with E-state index in [2.05, 4.69) is 32.2 Å². The summed E-state index contributed by atoms with van der Waals surface area (Å²) in [5, 5.41) is 7.13. The number of nitrogens with one attached hydrogen (secondary N) is 1. The van der Waals surface area contributed by atoms with E-state index in [0.717, 1.165) is 19.6 Å². The molecule has 4 heteroatoms. The Morgan fingerprint density at radius 1 is 1.22 bits per heavy atom. The third-order valence-corrected chi connectivity index (χ3v) is 3.68. The number of aromatic nitrogens is 3. The molecule has 2 aromatic heterocycles. The van der Waals surface area contributed by atoms with E-state index in [1.807, 2.05) is 24.7 Å². The van der Waals surface area contributed by atoms with Gasteiger partial charge < -0.3 is 0 Å². The molecule has 1 saturated heterocycles. The summed E-state index contributed by atoms with van der Waals surface area (Å²) >= 11 is 0. The predicted molar refractivity (Wildman–Crippen MR) is 70.1 cm³/mol. The smallest absolute Gasteiger partial charge is 0.0490 e. The molecule has 4 nitrogen and oxygen atoms in total. The number of H-pyrrole nitrogens is 1. The number of piperidine rings is 1. The van der Waals surface area contributed by atoms with E-state index in [-0.39, 0.29) is 0 Å². The van der Waals surface area contributed by atoms with Crippen molar-refractivity contribution in [2.45, 2.75) is 25.3 Å². The molecule has 0 unspecified atom stereocenters. The molecule has 0 spiro atoms. The number of nitrogens with zero attached hydrogens (tertiary/aromatic N) is 3. The highest BCUT2D eigenvalue weighted by Gasteiger charge is 2.21. The summed E-state index contributed by atoms with van der Waals surface area (Å²) in [4.78, 5) is 6.67. The van der Waals surface area contributed by atoms with E-state index in [1.165, 1.54) is 24.1 Å². The first kappa shape index (κ1) is 11.4. The van der Waals surface area contributed by atoms with Crippen LogP contribution in [-0.2, 0) is 6.54 Å². The lowest BCUT2D eigenvalue weighted by molar-refractivity contribution is 0.203. The minimum atomic E-state index is 0.651. The summed E-state index contributed by atoms with van der Waals surface area (Å²) in [5.41, 5.74) is 2.59. The van der Waals surface area contributed by atoms with Crippen molar-refractivity contribution < 1.29 is 0 Å². The Hall–Kier alpha value is -1.68. The predicted octanol–water partition coefficient (Wildman–Crippen LogP) is 2.18. The van der Waals surface area contributed by atoms with E-state index >= 15 is 0 Å². The van der Waals surface area contributed by atoms with Gasteiger partial charge in [0.1, 0.15) is 0 Å². The van der Waals surface area contributed by atoms with Gasteiger partial charge in [0.25, 0.3) is 0 Å². The summed E-state index contributed by atoms with van der Waals surface area (Å²) in [6.07, 6.45) is 8.05. The van der Waals surface area contributed by atoms with E-state index in [1.54, 1.807) is 0 Å². The molecule has 0 radical (unpaired) electrons. The van der Waals surface area contributed by atoms with Gasteiger partial charge in [-0.2, -0.15) is 5.10 Å². The lowest BCUT2D eigenvalue weighted by Crippen LogP contribution is -2.32. The molecule has 1 fully saturated rings. The molecule has 1 N–H and O–H groups in total. The molecule has 1 aliphatic rings. The normalized spacial score (nSPS) is 18.0. The monoisotopic (exact) mass is 242 g/mol. The maximum atomic E-state index is 4.17. The van der Waals surface area contributed by atoms with Gasteiger partial charge in [-0.3, -0.25) is 15.0 Å². The standard InChI is InChI=1S/C14H18N4/c1-2-12(10-15-6-1)11-18-8-4-13(5-9-18)14-3-7-16-17-14/h1-3,6-7,10,13H,4-5,8-9,11H2,(H,16,17). The molecule has 1 aliphatic heterocycles.